The van der Waals surface area contributed by atoms with Crippen LogP contribution in [0.2, 0.25) is 5.02 Å². The highest BCUT2D eigenvalue weighted by atomic mass is 35.5. The molecule has 0 aromatic heterocycles. The lowest BCUT2D eigenvalue weighted by atomic mass is 10.2. The second-order valence-electron chi connectivity index (χ2n) is 6.36. The number of benzene rings is 1. The van der Waals surface area contributed by atoms with E-state index in [2.05, 4.69) is 20.4 Å². The predicted octanol–water partition coefficient (Wildman–Crippen LogP) is 0.936. The van der Waals surface area contributed by atoms with Crippen molar-refractivity contribution >= 4 is 17.5 Å². The van der Waals surface area contributed by atoms with Gasteiger partial charge in [0.05, 0.1) is 6.54 Å². The van der Waals surface area contributed by atoms with E-state index >= 15 is 0 Å². The molecule has 23 heavy (non-hydrogen) atoms. The van der Waals surface area contributed by atoms with Crippen LogP contribution in [0.1, 0.15) is 12.0 Å². The van der Waals surface area contributed by atoms with Crippen LogP contribution in [0.3, 0.4) is 0 Å². The molecule has 6 heteroatoms. The number of nitrogens with one attached hydrogen (secondary N) is 2. The Balaban J connectivity index is 1.36. The monoisotopic (exact) mass is 336 g/mol. The van der Waals surface area contributed by atoms with Crippen molar-refractivity contribution in [2.24, 2.45) is 0 Å². The summed E-state index contributed by atoms with van der Waals surface area (Å²) in [7, 11) is 0. The molecule has 2 fully saturated rings. The highest BCUT2D eigenvalue weighted by Gasteiger charge is 2.26. The molecule has 0 radical (unpaired) electrons. The van der Waals surface area contributed by atoms with E-state index in [-0.39, 0.29) is 5.91 Å². The molecule has 1 atom stereocenters. The standard InChI is InChI=1S/C17H25ClN4O/c18-15-3-1-14(2-4-15)11-20-17(23)13-21-7-9-22(10-8-21)16-5-6-19-12-16/h1-4,16,19H,5-13H2,(H,20,23). The maximum Gasteiger partial charge on any atom is 0.234 e. The summed E-state index contributed by atoms with van der Waals surface area (Å²) in [5.74, 6) is 0.0935. The molecule has 1 amide bonds. The Kier molecular flexibility index (Phi) is 5.89. The number of nitrogens with zero attached hydrogens (tertiary/aromatic N) is 2. The fourth-order valence-electron chi connectivity index (χ4n) is 3.30. The van der Waals surface area contributed by atoms with Crippen LogP contribution in [0.5, 0.6) is 0 Å². The van der Waals surface area contributed by atoms with Crippen molar-refractivity contribution in [2.45, 2.75) is 19.0 Å². The maximum atomic E-state index is 12.1. The van der Waals surface area contributed by atoms with Crippen LogP contribution in [0.4, 0.5) is 0 Å². The van der Waals surface area contributed by atoms with Gasteiger partial charge in [0.2, 0.25) is 5.91 Å². The average Bonchev–Trinajstić information content (AvgIpc) is 3.09. The molecule has 2 saturated heterocycles. The van der Waals surface area contributed by atoms with Gasteiger partial charge in [0.25, 0.3) is 0 Å². The number of carbonyl (C=O) groups is 1. The van der Waals surface area contributed by atoms with Gasteiger partial charge < -0.3 is 10.6 Å². The smallest absolute Gasteiger partial charge is 0.234 e. The third-order valence-electron chi connectivity index (χ3n) is 4.73. The van der Waals surface area contributed by atoms with Crippen molar-refractivity contribution in [3.05, 3.63) is 34.9 Å². The Morgan fingerprint density at radius 3 is 2.61 bits per heavy atom. The summed E-state index contributed by atoms with van der Waals surface area (Å²) in [6.07, 6.45) is 1.25. The van der Waals surface area contributed by atoms with Gasteiger partial charge in [-0.15, -0.1) is 0 Å². The quantitative estimate of drug-likeness (QED) is 0.840. The molecule has 0 bridgehead atoms. The first-order chi connectivity index (χ1) is 11.2. The van der Waals surface area contributed by atoms with E-state index < -0.39 is 0 Å². The van der Waals surface area contributed by atoms with Crippen molar-refractivity contribution in [3.63, 3.8) is 0 Å². The largest absolute Gasteiger partial charge is 0.351 e. The van der Waals surface area contributed by atoms with E-state index in [1.54, 1.807) is 0 Å². The summed E-state index contributed by atoms with van der Waals surface area (Å²) >= 11 is 5.86. The van der Waals surface area contributed by atoms with Crippen LogP contribution in [-0.2, 0) is 11.3 Å². The van der Waals surface area contributed by atoms with E-state index in [1.165, 1.54) is 6.42 Å². The normalized spacial score (nSPS) is 23.1. The fourth-order valence-corrected chi connectivity index (χ4v) is 3.43. The molecule has 2 aliphatic rings. The van der Waals surface area contributed by atoms with Crippen LogP contribution in [0.15, 0.2) is 24.3 Å². The lowest BCUT2D eigenvalue weighted by Crippen LogP contribution is -2.52. The van der Waals surface area contributed by atoms with E-state index in [0.717, 1.165) is 49.9 Å². The number of hydrogen-bond donors (Lipinski definition) is 2. The maximum absolute atomic E-state index is 12.1. The first-order valence-electron chi connectivity index (χ1n) is 8.39. The molecule has 3 rings (SSSR count). The molecule has 1 aromatic rings. The molecule has 5 nitrogen and oxygen atoms in total. The Bertz CT molecular complexity index is 508. The molecule has 0 spiro atoms. The minimum atomic E-state index is 0.0935. The first kappa shape index (κ1) is 16.7. The van der Waals surface area contributed by atoms with Gasteiger partial charge in [-0.05, 0) is 30.7 Å². The number of halogens is 1. The summed E-state index contributed by atoms with van der Waals surface area (Å²) < 4.78 is 0. The Hall–Kier alpha value is -1.14. The van der Waals surface area contributed by atoms with Crippen molar-refractivity contribution in [1.82, 2.24) is 20.4 Å². The number of amides is 1. The van der Waals surface area contributed by atoms with Gasteiger partial charge in [-0.2, -0.15) is 0 Å². The summed E-state index contributed by atoms with van der Waals surface area (Å²) in [4.78, 5) is 16.9. The highest BCUT2D eigenvalue weighted by molar-refractivity contribution is 6.30. The lowest BCUT2D eigenvalue weighted by molar-refractivity contribution is -0.122. The van der Waals surface area contributed by atoms with Gasteiger partial charge in [-0.3, -0.25) is 14.6 Å². The summed E-state index contributed by atoms with van der Waals surface area (Å²) in [5.41, 5.74) is 1.07. The molecule has 2 heterocycles. The molecular formula is C17H25ClN4O. The molecule has 126 valence electrons. The molecule has 1 unspecified atom stereocenters. The third-order valence-corrected chi connectivity index (χ3v) is 4.98. The molecule has 2 N–H and O–H groups in total. The zero-order chi connectivity index (χ0) is 16.1. The van der Waals surface area contributed by atoms with Crippen molar-refractivity contribution in [3.8, 4) is 0 Å². The molecule has 1 aromatic carbocycles. The first-order valence-corrected chi connectivity index (χ1v) is 8.77. The van der Waals surface area contributed by atoms with E-state index in [9.17, 15) is 4.79 Å². The summed E-state index contributed by atoms with van der Waals surface area (Å²) in [6, 6.07) is 8.27. The Morgan fingerprint density at radius 1 is 1.22 bits per heavy atom. The number of piperazine rings is 1. The van der Waals surface area contributed by atoms with Crippen LogP contribution < -0.4 is 10.6 Å². The predicted molar refractivity (Wildman–Crippen MR) is 92.6 cm³/mol. The average molecular weight is 337 g/mol. The van der Waals surface area contributed by atoms with Gasteiger partial charge in [0, 0.05) is 50.3 Å². The van der Waals surface area contributed by atoms with Gasteiger partial charge in [-0.25, -0.2) is 0 Å². The zero-order valence-electron chi connectivity index (χ0n) is 13.4. The van der Waals surface area contributed by atoms with Crippen LogP contribution >= 0.6 is 11.6 Å². The topological polar surface area (TPSA) is 47.6 Å². The number of hydrogen-bond acceptors (Lipinski definition) is 4. The molecule has 0 aliphatic carbocycles. The highest BCUT2D eigenvalue weighted by Crippen LogP contribution is 2.12. The van der Waals surface area contributed by atoms with E-state index in [0.29, 0.717) is 19.1 Å². The van der Waals surface area contributed by atoms with Crippen LogP contribution in [0.25, 0.3) is 0 Å². The second kappa shape index (κ2) is 8.11. The minimum Gasteiger partial charge on any atom is -0.351 e. The van der Waals surface area contributed by atoms with Gasteiger partial charge in [0.1, 0.15) is 0 Å². The third kappa shape index (κ3) is 4.91. The molecule has 0 saturated carbocycles. The Morgan fingerprint density at radius 2 is 1.96 bits per heavy atom. The van der Waals surface area contributed by atoms with Gasteiger partial charge in [-0.1, -0.05) is 23.7 Å². The van der Waals surface area contributed by atoms with E-state index in [1.807, 2.05) is 24.3 Å². The fraction of sp³-hybridized carbons (Fsp3) is 0.588. The zero-order valence-corrected chi connectivity index (χ0v) is 14.2. The van der Waals surface area contributed by atoms with Crippen LogP contribution in [-0.4, -0.2) is 67.6 Å². The second-order valence-corrected chi connectivity index (χ2v) is 6.80. The summed E-state index contributed by atoms with van der Waals surface area (Å²) in [5, 5.41) is 7.12. The number of carbonyl (C=O) groups excluding carboxylic acids is 1. The van der Waals surface area contributed by atoms with Crippen molar-refractivity contribution in [2.75, 3.05) is 45.8 Å². The molecule has 2 aliphatic heterocycles. The Labute approximate surface area is 143 Å². The van der Waals surface area contributed by atoms with Crippen molar-refractivity contribution in [1.29, 1.82) is 0 Å². The van der Waals surface area contributed by atoms with Gasteiger partial charge in [0.15, 0.2) is 0 Å². The van der Waals surface area contributed by atoms with Crippen LogP contribution in [0, 0.1) is 0 Å². The summed E-state index contributed by atoms with van der Waals surface area (Å²) in [6.45, 7) is 7.39. The van der Waals surface area contributed by atoms with Gasteiger partial charge >= 0.3 is 0 Å². The SMILES string of the molecule is O=C(CN1CCN(C2CCNC2)CC1)NCc1ccc(Cl)cc1. The van der Waals surface area contributed by atoms with E-state index in [4.69, 9.17) is 11.6 Å². The number of rotatable bonds is 5. The van der Waals surface area contributed by atoms with Crippen molar-refractivity contribution < 1.29 is 4.79 Å². The lowest BCUT2D eigenvalue weighted by Gasteiger charge is -2.37. The molecular weight excluding hydrogens is 312 g/mol. The minimum absolute atomic E-state index is 0.0935.